The zero-order valence-electron chi connectivity index (χ0n) is 23.8. The van der Waals surface area contributed by atoms with Gasteiger partial charge in [0.05, 0.1) is 11.5 Å². The van der Waals surface area contributed by atoms with Gasteiger partial charge in [-0.15, -0.1) is 0 Å². The van der Waals surface area contributed by atoms with E-state index >= 15 is 0 Å². The van der Waals surface area contributed by atoms with E-state index in [1.807, 2.05) is 12.1 Å². The summed E-state index contributed by atoms with van der Waals surface area (Å²) in [5.41, 5.74) is -0.554. The zero-order valence-corrected chi connectivity index (χ0v) is 24.6. The Morgan fingerprint density at radius 3 is 2.55 bits per heavy atom. The third kappa shape index (κ3) is 7.65. The summed E-state index contributed by atoms with van der Waals surface area (Å²) >= 11 is 5.99. The molecule has 2 fully saturated rings. The Morgan fingerprint density at radius 1 is 1.07 bits per heavy atom. The SMILES string of the molecule is CC(C)(C)OC(=O)N[C@H]1CCCCC/C=C\[C@@H]2C[C@@]2(C(=O)NCc2ccc(Cl)cc2)CC(=O)[C@@H]2CCCN2C1=O. The molecule has 1 aliphatic carbocycles. The molecule has 2 N–H and O–H groups in total. The number of amides is 3. The van der Waals surface area contributed by atoms with Crippen molar-refractivity contribution in [1.82, 2.24) is 15.5 Å². The maximum atomic E-state index is 13.7. The number of Topliss-reactive ketones (excluding diaryl/α,β-unsaturated/α-hetero) is 1. The van der Waals surface area contributed by atoms with Crippen molar-refractivity contribution in [3.63, 3.8) is 0 Å². The van der Waals surface area contributed by atoms with Gasteiger partial charge in [0, 0.05) is 24.5 Å². The zero-order chi connectivity index (χ0) is 28.9. The summed E-state index contributed by atoms with van der Waals surface area (Å²) in [4.78, 5) is 55.1. The van der Waals surface area contributed by atoms with Crippen LogP contribution in [-0.4, -0.2) is 52.8 Å². The minimum atomic E-state index is -0.800. The van der Waals surface area contributed by atoms with E-state index in [0.29, 0.717) is 43.8 Å². The number of ether oxygens (including phenoxy) is 1. The molecule has 0 radical (unpaired) electrons. The molecule has 40 heavy (non-hydrogen) atoms. The number of carbonyl (C=O) groups is 4. The first-order valence-corrected chi connectivity index (χ1v) is 14.9. The predicted molar refractivity (Wildman–Crippen MR) is 154 cm³/mol. The van der Waals surface area contributed by atoms with Crippen molar-refractivity contribution in [2.75, 3.05) is 6.54 Å². The number of hydrogen-bond acceptors (Lipinski definition) is 5. The van der Waals surface area contributed by atoms with Gasteiger partial charge in [-0.25, -0.2) is 4.79 Å². The summed E-state index contributed by atoms with van der Waals surface area (Å²) in [7, 11) is 0. The molecule has 1 aromatic carbocycles. The van der Waals surface area contributed by atoms with Crippen molar-refractivity contribution >= 4 is 35.3 Å². The van der Waals surface area contributed by atoms with Crippen LogP contribution >= 0.6 is 11.6 Å². The topological polar surface area (TPSA) is 105 Å². The molecule has 218 valence electrons. The fourth-order valence-corrected chi connectivity index (χ4v) is 5.97. The Balaban J connectivity index is 1.50. The lowest BCUT2D eigenvalue weighted by Gasteiger charge is -2.30. The molecule has 8 nitrogen and oxygen atoms in total. The molecule has 3 aliphatic rings. The highest BCUT2D eigenvalue weighted by molar-refractivity contribution is 6.30. The predicted octanol–water partition coefficient (Wildman–Crippen LogP) is 5.33. The number of rotatable bonds is 4. The monoisotopic (exact) mass is 571 g/mol. The van der Waals surface area contributed by atoms with E-state index in [0.717, 1.165) is 31.2 Å². The van der Waals surface area contributed by atoms with Gasteiger partial charge >= 0.3 is 6.09 Å². The lowest BCUT2D eigenvalue weighted by atomic mass is 9.91. The van der Waals surface area contributed by atoms with Gasteiger partial charge in [0.25, 0.3) is 0 Å². The van der Waals surface area contributed by atoms with Crippen molar-refractivity contribution in [2.24, 2.45) is 11.3 Å². The number of carbonyl (C=O) groups excluding carboxylic acids is 4. The smallest absolute Gasteiger partial charge is 0.408 e. The summed E-state index contributed by atoms with van der Waals surface area (Å²) < 4.78 is 5.42. The Labute approximate surface area is 242 Å². The first kappa shape index (κ1) is 30.1. The van der Waals surface area contributed by atoms with E-state index in [1.54, 1.807) is 37.8 Å². The first-order chi connectivity index (χ1) is 19.0. The number of benzene rings is 1. The Bertz CT molecular complexity index is 1130. The Morgan fingerprint density at radius 2 is 1.82 bits per heavy atom. The van der Waals surface area contributed by atoms with E-state index in [4.69, 9.17) is 16.3 Å². The number of allylic oxidation sites excluding steroid dienone is 2. The second-order valence-corrected chi connectivity index (χ2v) is 12.8. The largest absolute Gasteiger partial charge is 0.444 e. The molecule has 1 saturated heterocycles. The molecule has 0 bridgehead atoms. The van der Waals surface area contributed by atoms with Crippen LogP contribution in [0.4, 0.5) is 4.79 Å². The maximum absolute atomic E-state index is 13.7. The summed E-state index contributed by atoms with van der Waals surface area (Å²) in [5, 5.41) is 6.45. The molecule has 4 atom stereocenters. The minimum absolute atomic E-state index is 0.000987. The summed E-state index contributed by atoms with van der Waals surface area (Å²) in [6.45, 7) is 6.15. The molecule has 1 aromatic rings. The molecular weight excluding hydrogens is 530 g/mol. The molecule has 1 saturated carbocycles. The van der Waals surface area contributed by atoms with Gasteiger partial charge in [-0.1, -0.05) is 48.7 Å². The van der Waals surface area contributed by atoms with Crippen LogP contribution in [0.15, 0.2) is 36.4 Å². The van der Waals surface area contributed by atoms with Crippen molar-refractivity contribution in [3.8, 4) is 0 Å². The van der Waals surface area contributed by atoms with E-state index in [9.17, 15) is 19.2 Å². The number of ketones is 1. The fourth-order valence-electron chi connectivity index (χ4n) is 5.84. The number of nitrogens with one attached hydrogen (secondary N) is 2. The molecule has 4 rings (SSSR count). The molecule has 0 aromatic heterocycles. The lowest BCUT2D eigenvalue weighted by molar-refractivity contribution is -0.140. The van der Waals surface area contributed by atoms with E-state index in [2.05, 4.69) is 22.8 Å². The number of hydrogen-bond donors (Lipinski definition) is 2. The lowest BCUT2D eigenvalue weighted by Crippen LogP contribution is -2.52. The van der Waals surface area contributed by atoms with Crippen LogP contribution in [-0.2, 0) is 25.7 Å². The van der Waals surface area contributed by atoms with Crippen LogP contribution in [0.1, 0.15) is 84.1 Å². The highest BCUT2D eigenvalue weighted by atomic mass is 35.5. The number of fused-ring (bicyclic) bond motifs is 2. The van der Waals surface area contributed by atoms with Crippen LogP contribution < -0.4 is 10.6 Å². The van der Waals surface area contributed by atoms with Crippen molar-refractivity contribution in [1.29, 1.82) is 0 Å². The normalized spacial score (nSPS) is 28.4. The van der Waals surface area contributed by atoms with Crippen molar-refractivity contribution in [3.05, 3.63) is 47.0 Å². The average Bonchev–Trinajstić information content (AvgIpc) is 3.35. The van der Waals surface area contributed by atoms with Crippen LogP contribution in [0.2, 0.25) is 5.02 Å². The summed E-state index contributed by atoms with van der Waals surface area (Å²) in [5.74, 6) is -0.466. The highest BCUT2D eigenvalue weighted by Crippen LogP contribution is 2.57. The summed E-state index contributed by atoms with van der Waals surface area (Å²) in [6.07, 6.45) is 9.52. The Kier molecular flexibility index (Phi) is 9.60. The fraction of sp³-hybridized carbons (Fsp3) is 0.613. The average molecular weight is 572 g/mol. The highest BCUT2D eigenvalue weighted by Gasteiger charge is 2.60. The third-order valence-corrected chi connectivity index (χ3v) is 8.32. The molecule has 3 amide bonds. The first-order valence-electron chi connectivity index (χ1n) is 14.5. The maximum Gasteiger partial charge on any atom is 0.408 e. The standard InChI is InChI=1S/C31H42ClN3O5/c1-30(2,3)40-29(39)34-24-11-8-6-4-5-7-10-22-18-31(22,19-26(36)25-12-9-17-35(25)27(24)37)28(38)33-20-21-13-15-23(32)16-14-21/h7,10,13-16,22,24-25H,4-6,8-9,11-12,17-20H2,1-3H3,(H,33,38)(H,34,39)/b10-7-/t22-,24+,25+,31-/m1/s1. The van der Waals surface area contributed by atoms with Gasteiger partial charge in [0.1, 0.15) is 11.6 Å². The molecule has 9 heteroatoms. The van der Waals surface area contributed by atoms with Crippen LogP contribution in [0, 0.1) is 11.3 Å². The quantitative estimate of drug-likeness (QED) is 0.476. The van der Waals surface area contributed by atoms with E-state index in [1.165, 1.54) is 0 Å². The van der Waals surface area contributed by atoms with Gasteiger partial charge in [-0.05, 0) is 82.9 Å². The van der Waals surface area contributed by atoms with Crippen LogP contribution in [0.5, 0.6) is 0 Å². The van der Waals surface area contributed by atoms with Crippen molar-refractivity contribution < 1.29 is 23.9 Å². The Hall–Kier alpha value is -2.87. The second kappa shape index (κ2) is 12.8. The third-order valence-electron chi connectivity index (χ3n) is 8.07. The van der Waals surface area contributed by atoms with Crippen molar-refractivity contribution in [2.45, 2.75) is 103 Å². The van der Waals surface area contributed by atoms with Gasteiger partial charge in [-0.2, -0.15) is 0 Å². The van der Waals surface area contributed by atoms with Gasteiger partial charge in [0.15, 0.2) is 5.78 Å². The number of alkyl carbamates (subject to hydrolysis) is 1. The van der Waals surface area contributed by atoms with Gasteiger partial charge < -0.3 is 20.3 Å². The summed E-state index contributed by atoms with van der Waals surface area (Å²) in [6, 6.07) is 5.97. The number of nitrogens with zero attached hydrogens (tertiary/aromatic N) is 1. The van der Waals surface area contributed by atoms with Gasteiger partial charge in [-0.3, -0.25) is 14.4 Å². The second-order valence-electron chi connectivity index (χ2n) is 12.4. The molecule has 0 unspecified atom stereocenters. The molecular formula is C31H42ClN3O5. The molecule has 2 heterocycles. The van der Waals surface area contributed by atoms with E-state index in [-0.39, 0.29) is 29.9 Å². The molecule has 0 spiro atoms. The minimum Gasteiger partial charge on any atom is -0.444 e. The van der Waals surface area contributed by atoms with Crippen LogP contribution in [0.3, 0.4) is 0 Å². The van der Waals surface area contributed by atoms with E-state index < -0.39 is 29.2 Å². The number of halogens is 1. The van der Waals surface area contributed by atoms with Crippen LogP contribution in [0.25, 0.3) is 0 Å². The molecule has 2 aliphatic heterocycles. The van der Waals surface area contributed by atoms with Gasteiger partial charge in [0.2, 0.25) is 11.8 Å².